The molecule has 1 aliphatic carbocycles. The van der Waals surface area contributed by atoms with E-state index in [-0.39, 0.29) is 0 Å². The van der Waals surface area contributed by atoms with Crippen molar-refractivity contribution >= 4 is 28.9 Å². The lowest BCUT2D eigenvalue weighted by molar-refractivity contribution is 0.370. The fraction of sp³-hybridized carbons (Fsp3) is 0.458. The van der Waals surface area contributed by atoms with Crippen LogP contribution in [-0.2, 0) is 13.1 Å². The summed E-state index contributed by atoms with van der Waals surface area (Å²) in [6.07, 6.45) is 8.99. The molecule has 3 rings (SSSR count). The van der Waals surface area contributed by atoms with Crippen molar-refractivity contribution in [2.75, 3.05) is 7.11 Å². The molecule has 0 amide bonds. The maximum absolute atomic E-state index is 6.44. The van der Waals surface area contributed by atoms with Gasteiger partial charge < -0.3 is 15.0 Å². The molecule has 0 heterocycles. The average Bonchev–Trinajstić information content (AvgIpc) is 2.71. The lowest BCUT2D eigenvalue weighted by Crippen LogP contribution is -2.44. The molecule has 0 radical (unpaired) electrons. The Labute approximate surface area is 185 Å². The number of hydrogen-bond acceptors (Lipinski definition) is 2. The molecular weight excluding hydrogens is 400 g/mol. The van der Waals surface area contributed by atoms with E-state index in [0.29, 0.717) is 12.6 Å². The van der Waals surface area contributed by atoms with Crippen LogP contribution in [0, 0.1) is 0 Å². The summed E-state index contributed by atoms with van der Waals surface area (Å²) in [4.78, 5) is 2.22. The van der Waals surface area contributed by atoms with Crippen LogP contribution in [0.4, 0.5) is 0 Å². The molecule has 1 N–H and O–H groups in total. The largest absolute Gasteiger partial charge is 0.497 e. The first-order chi connectivity index (χ1) is 14.2. The molecule has 1 fully saturated rings. The number of rotatable bonds is 6. The Morgan fingerprint density at radius 2 is 1.66 bits per heavy atom. The van der Waals surface area contributed by atoms with Gasteiger partial charge in [-0.2, -0.15) is 0 Å². The van der Waals surface area contributed by atoms with Crippen LogP contribution in [-0.4, -0.2) is 23.2 Å². The smallest absolute Gasteiger partial charge is 0.169 e. The zero-order chi connectivity index (χ0) is 20.5. The van der Waals surface area contributed by atoms with Gasteiger partial charge in [0.15, 0.2) is 5.11 Å². The summed E-state index contributed by atoms with van der Waals surface area (Å²) in [5.41, 5.74) is 2.28. The highest BCUT2D eigenvalue weighted by Gasteiger charge is 2.18. The number of hydrogen-bond donors (Lipinski definition) is 1. The van der Waals surface area contributed by atoms with Gasteiger partial charge in [0.25, 0.3) is 0 Å². The van der Waals surface area contributed by atoms with Gasteiger partial charge in [-0.1, -0.05) is 74.0 Å². The lowest BCUT2D eigenvalue weighted by atomic mass is 9.97. The first-order valence-electron chi connectivity index (χ1n) is 10.6. The number of methoxy groups -OCH3 is 1. The highest BCUT2D eigenvalue weighted by Crippen LogP contribution is 2.21. The second-order valence-electron chi connectivity index (χ2n) is 7.79. The number of halogens is 1. The van der Waals surface area contributed by atoms with Crippen molar-refractivity contribution in [2.24, 2.45) is 0 Å². The van der Waals surface area contributed by atoms with Crippen molar-refractivity contribution in [3.63, 3.8) is 0 Å². The van der Waals surface area contributed by atoms with Crippen LogP contribution >= 0.6 is 23.8 Å². The third kappa shape index (κ3) is 6.90. The van der Waals surface area contributed by atoms with E-state index >= 15 is 0 Å². The standard InChI is InChI=1S/C24H31ClN2OS/c1-28-22-15-13-19(14-16-22)17-27(18-20-9-7-8-12-23(20)25)24(29)26-21-10-5-3-2-4-6-11-21/h7-9,12-16,21H,2-6,10-11,17-18H2,1H3,(H,26,29). The Balaban J connectivity index is 1.73. The van der Waals surface area contributed by atoms with Gasteiger partial charge in [-0.15, -0.1) is 0 Å². The Hall–Kier alpha value is -1.78. The van der Waals surface area contributed by atoms with E-state index in [1.807, 2.05) is 30.3 Å². The molecule has 0 bridgehead atoms. The molecule has 2 aromatic rings. The molecule has 1 aliphatic rings. The molecule has 3 nitrogen and oxygen atoms in total. The molecule has 2 aromatic carbocycles. The molecule has 156 valence electrons. The molecule has 0 aliphatic heterocycles. The number of ether oxygens (including phenoxy) is 1. The van der Waals surface area contributed by atoms with E-state index in [1.54, 1.807) is 7.11 Å². The molecule has 0 spiro atoms. The van der Waals surface area contributed by atoms with Gasteiger partial charge in [0.1, 0.15) is 5.75 Å². The van der Waals surface area contributed by atoms with Crippen molar-refractivity contribution in [3.8, 4) is 5.75 Å². The molecule has 0 atom stereocenters. The van der Waals surface area contributed by atoms with Crippen molar-refractivity contribution in [1.82, 2.24) is 10.2 Å². The van der Waals surface area contributed by atoms with Gasteiger partial charge in [-0.25, -0.2) is 0 Å². The fourth-order valence-corrected chi connectivity index (χ4v) is 4.34. The first-order valence-corrected chi connectivity index (χ1v) is 11.4. The van der Waals surface area contributed by atoms with E-state index in [0.717, 1.165) is 28.0 Å². The summed E-state index contributed by atoms with van der Waals surface area (Å²) in [7, 11) is 1.69. The summed E-state index contributed by atoms with van der Waals surface area (Å²) in [6.45, 7) is 1.41. The Kier molecular flexibility index (Phi) is 8.63. The molecule has 29 heavy (non-hydrogen) atoms. The van der Waals surface area contributed by atoms with E-state index < -0.39 is 0 Å². The SMILES string of the molecule is COc1ccc(CN(Cc2ccccc2Cl)C(=S)NC2CCCCCCC2)cc1. The normalized spacial score (nSPS) is 15.2. The number of benzene rings is 2. The highest BCUT2D eigenvalue weighted by atomic mass is 35.5. The van der Waals surface area contributed by atoms with Gasteiger partial charge in [-0.05, 0) is 54.4 Å². The predicted molar refractivity (Wildman–Crippen MR) is 126 cm³/mol. The molecular formula is C24H31ClN2OS. The number of nitrogens with one attached hydrogen (secondary N) is 1. The average molecular weight is 431 g/mol. The molecule has 0 saturated heterocycles. The third-order valence-electron chi connectivity index (χ3n) is 5.57. The monoisotopic (exact) mass is 430 g/mol. The summed E-state index contributed by atoms with van der Waals surface area (Å²) in [6, 6.07) is 16.6. The van der Waals surface area contributed by atoms with Crippen LogP contribution in [0.15, 0.2) is 48.5 Å². The maximum Gasteiger partial charge on any atom is 0.169 e. The zero-order valence-corrected chi connectivity index (χ0v) is 18.8. The van der Waals surface area contributed by atoms with Crippen LogP contribution in [0.3, 0.4) is 0 Å². The summed E-state index contributed by atoms with van der Waals surface area (Å²) < 4.78 is 5.29. The van der Waals surface area contributed by atoms with Crippen molar-refractivity contribution in [1.29, 1.82) is 0 Å². The van der Waals surface area contributed by atoms with Crippen LogP contribution < -0.4 is 10.1 Å². The Morgan fingerprint density at radius 1 is 1.00 bits per heavy atom. The van der Waals surface area contributed by atoms with Gasteiger partial charge in [0.2, 0.25) is 0 Å². The minimum absolute atomic E-state index is 0.465. The number of thiocarbonyl (C=S) groups is 1. The third-order valence-corrected chi connectivity index (χ3v) is 6.32. The van der Waals surface area contributed by atoms with Crippen molar-refractivity contribution in [2.45, 2.75) is 64.1 Å². The Bertz CT molecular complexity index is 773. The van der Waals surface area contributed by atoms with Gasteiger partial charge >= 0.3 is 0 Å². The zero-order valence-electron chi connectivity index (χ0n) is 17.2. The van der Waals surface area contributed by atoms with E-state index in [4.69, 9.17) is 28.6 Å². The van der Waals surface area contributed by atoms with E-state index in [9.17, 15) is 0 Å². The molecule has 0 unspecified atom stereocenters. The minimum Gasteiger partial charge on any atom is -0.497 e. The van der Waals surface area contributed by atoms with Gasteiger partial charge in [-0.3, -0.25) is 0 Å². The fourth-order valence-electron chi connectivity index (χ4n) is 3.85. The predicted octanol–water partition coefficient (Wildman–Crippen LogP) is 6.34. The maximum atomic E-state index is 6.44. The summed E-state index contributed by atoms with van der Waals surface area (Å²) >= 11 is 12.3. The second kappa shape index (κ2) is 11.4. The van der Waals surface area contributed by atoms with Crippen LogP contribution in [0.25, 0.3) is 0 Å². The van der Waals surface area contributed by atoms with Crippen LogP contribution in [0.2, 0.25) is 5.02 Å². The lowest BCUT2D eigenvalue weighted by Gasteiger charge is -2.30. The Morgan fingerprint density at radius 3 is 2.31 bits per heavy atom. The summed E-state index contributed by atoms with van der Waals surface area (Å²) in [5, 5.41) is 5.25. The molecule has 1 saturated carbocycles. The molecule has 0 aromatic heterocycles. The highest BCUT2D eigenvalue weighted by molar-refractivity contribution is 7.80. The van der Waals surface area contributed by atoms with E-state index in [1.165, 1.54) is 50.5 Å². The van der Waals surface area contributed by atoms with Crippen molar-refractivity contribution in [3.05, 3.63) is 64.7 Å². The van der Waals surface area contributed by atoms with Crippen LogP contribution in [0.1, 0.15) is 56.1 Å². The first kappa shape index (κ1) is 21.9. The van der Waals surface area contributed by atoms with Crippen molar-refractivity contribution < 1.29 is 4.74 Å². The second-order valence-corrected chi connectivity index (χ2v) is 8.58. The van der Waals surface area contributed by atoms with Gasteiger partial charge in [0, 0.05) is 24.2 Å². The molecule has 5 heteroatoms. The number of nitrogens with zero attached hydrogens (tertiary/aromatic N) is 1. The van der Waals surface area contributed by atoms with Gasteiger partial charge in [0.05, 0.1) is 7.11 Å². The van der Waals surface area contributed by atoms with Crippen LogP contribution in [0.5, 0.6) is 5.75 Å². The van der Waals surface area contributed by atoms with E-state index in [2.05, 4.69) is 28.4 Å². The topological polar surface area (TPSA) is 24.5 Å². The quantitative estimate of drug-likeness (QED) is 0.540. The minimum atomic E-state index is 0.465. The summed E-state index contributed by atoms with van der Waals surface area (Å²) in [5.74, 6) is 0.863.